The number of aromatic nitrogens is 2. The number of nitrogens with zero attached hydrogens (tertiary/aromatic N) is 4. The molecule has 1 saturated heterocycles. The lowest BCUT2D eigenvalue weighted by atomic mass is 9.93. The van der Waals surface area contributed by atoms with E-state index in [1.54, 1.807) is 0 Å². The molecule has 2 heterocycles. The normalized spacial score (nSPS) is 18.9. The van der Waals surface area contributed by atoms with E-state index >= 15 is 0 Å². The number of piperidine rings is 1. The molecule has 6 nitrogen and oxygen atoms in total. The highest BCUT2D eigenvalue weighted by Gasteiger charge is 2.30. The maximum absolute atomic E-state index is 4.51. The van der Waals surface area contributed by atoms with Crippen LogP contribution in [0.25, 0.3) is 0 Å². The Morgan fingerprint density at radius 3 is 2.67 bits per heavy atom. The smallest absolute Gasteiger partial charge is 0.191 e. The number of guanidine groups is 1. The van der Waals surface area contributed by atoms with Crippen LogP contribution in [0, 0.1) is 19.8 Å². The van der Waals surface area contributed by atoms with Gasteiger partial charge in [0, 0.05) is 44.5 Å². The van der Waals surface area contributed by atoms with Gasteiger partial charge in [0.15, 0.2) is 5.96 Å². The molecule has 0 spiro atoms. The molecule has 1 unspecified atom stereocenters. The van der Waals surface area contributed by atoms with Crippen LogP contribution in [0.3, 0.4) is 0 Å². The summed E-state index contributed by atoms with van der Waals surface area (Å²) in [6.07, 6.45) is 3.69. The summed E-state index contributed by atoms with van der Waals surface area (Å²) in [7, 11) is 1.84. The lowest BCUT2D eigenvalue weighted by Gasteiger charge is -2.43. The number of nitrogens with one attached hydrogen (secondary N) is 2. The van der Waals surface area contributed by atoms with E-state index in [4.69, 9.17) is 0 Å². The van der Waals surface area contributed by atoms with Crippen molar-refractivity contribution in [3.05, 3.63) is 17.5 Å². The fourth-order valence-corrected chi connectivity index (χ4v) is 3.71. The summed E-state index contributed by atoms with van der Waals surface area (Å²) in [4.78, 5) is 6.99. The molecule has 1 aliphatic heterocycles. The van der Waals surface area contributed by atoms with Crippen molar-refractivity contribution >= 4 is 29.9 Å². The fourth-order valence-electron chi connectivity index (χ4n) is 3.71. The summed E-state index contributed by atoms with van der Waals surface area (Å²) < 4.78 is 2.08. The number of rotatable bonds is 7. The highest BCUT2D eigenvalue weighted by atomic mass is 127. The lowest BCUT2D eigenvalue weighted by molar-refractivity contribution is 0.0739. The van der Waals surface area contributed by atoms with Crippen molar-refractivity contribution in [2.24, 2.45) is 10.9 Å². The Morgan fingerprint density at radius 1 is 1.33 bits per heavy atom. The lowest BCUT2D eigenvalue weighted by Crippen LogP contribution is -2.56. The first kappa shape index (κ1) is 24.2. The van der Waals surface area contributed by atoms with Crippen molar-refractivity contribution in [1.82, 2.24) is 25.3 Å². The van der Waals surface area contributed by atoms with Gasteiger partial charge in [-0.1, -0.05) is 6.92 Å². The van der Waals surface area contributed by atoms with Gasteiger partial charge in [0.25, 0.3) is 0 Å². The average molecular weight is 490 g/mol. The zero-order valence-corrected chi connectivity index (χ0v) is 20.3. The molecule has 1 aromatic heterocycles. The van der Waals surface area contributed by atoms with E-state index in [9.17, 15) is 0 Å². The van der Waals surface area contributed by atoms with Crippen LogP contribution in [0.4, 0.5) is 0 Å². The third-order valence-electron chi connectivity index (χ3n) is 5.37. The summed E-state index contributed by atoms with van der Waals surface area (Å²) in [5.41, 5.74) is 2.44. The molecule has 1 atom stereocenters. The molecule has 2 rings (SSSR count). The molecule has 27 heavy (non-hydrogen) atoms. The van der Waals surface area contributed by atoms with E-state index in [2.05, 4.69) is 64.1 Å². The van der Waals surface area contributed by atoms with Gasteiger partial charge in [-0.15, -0.1) is 24.0 Å². The van der Waals surface area contributed by atoms with Crippen molar-refractivity contribution < 1.29 is 0 Å². The molecule has 0 aliphatic carbocycles. The molecule has 0 amide bonds. The summed E-state index contributed by atoms with van der Waals surface area (Å²) in [6, 6.07) is 2.12. The molecule has 156 valence electrons. The predicted octanol–water partition coefficient (Wildman–Crippen LogP) is 3.18. The molecule has 1 fully saturated rings. The van der Waals surface area contributed by atoms with Gasteiger partial charge in [0.1, 0.15) is 0 Å². The second kappa shape index (κ2) is 11.2. The number of hydrogen-bond donors (Lipinski definition) is 2. The van der Waals surface area contributed by atoms with E-state index in [1.165, 1.54) is 31.6 Å². The largest absolute Gasteiger partial charge is 0.356 e. The van der Waals surface area contributed by atoms with Crippen LogP contribution in [0.1, 0.15) is 51.4 Å². The van der Waals surface area contributed by atoms with Crippen molar-refractivity contribution in [2.75, 3.05) is 33.2 Å². The van der Waals surface area contributed by atoms with Crippen LogP contribution in [-0.4, -0.2) is 59.4 Å². The monoisotopic (exact) mass is 490 g/mol. The number of hydrogen-bond acceptors (Lipinski definition) is 3. The standard InChI is InChI=1S/C20H38N6.HI/c1-16-9-7-11-25(14-16)20(4,5)15-23-19(21-6)22-10-8-12-26-18(3)13-17(2)24-26;/h13,16H,7-12,14-15H2,1-6H3,(H2,21,22,23);1H. The molecular formula is C20H39IN6. The van der Waals surface area contributed by atoms with Gasteiger partial charge in [-0.2, -0.15) is 5.10 Å². The first-order chi connectivity index (χ1) is 12.3. The number of halogens is 1. The van der Waals surface area contributed by atoms with E-state index in [0.717, 1.165) is 43.6 Å². The van der Waals surface area contributed by atoms with Gasteiger partial charge >= 0.3 is 0 Å². The van der Waals surface area contributed by atoms with Gasteiger partial charge in [0.05, 0.1) is 5.69 Å². The second-order valence-corrected chi connectivity index (χ2v) is 8.36. The van der Waals surface area contributed by atoms with Crippen molar-refractivity contribution in [1.29, 1.82) is 0 Å². The summed E-state index contributed by atoms with van der Waals surface area (Å²) in [5, 5.41) is 11.5. The van der Waals surface area contributed by atoms with Crippen LogP contribution in [-0.2, 0) is 6.54 Å². The Labute approximate surface area is 182 Å². The summed E-state index contributed by atoms with van der Waals surface area (Å²) >= 11 is 0. The minimum atomic E-state index is 0. The Kier molecular flexibility index (Phi) is 10.1. The highest BCUT2D eigenvalue weighted by molar-refractivity contribution is 14.0. The first-order valence-electron chi connectivity index (χ1n) is 10.0. The maximum Gasteiger partial charge on any atom is 0.191 e. The fraction of sp³-hybridized carbons (Fsp3) is 0.800. The molecule has 7 heteroatoms. The minimum Gasteiger partial charge on any atom is -0.356 e. The Hall–Kier alpha value is -0.830. The first-order valence-corrected chi connectivity index (χ1v) is 10.0. The van der Waals surface area contributed by atoms with E-state index < -0.39 is 0 Å². The van der Waals surface area contributed by atoms with Gasteiger partial charge < -0.3 is 10.6 Å². The summed E-state index contributed by atoms with van der Waals surface area (Å²) in [6.45, 7) is 16.3. The second-order valence-electron chi connectivity index (χ2n) is 8.36. The molecule has 1 aliphatic rings. The van der Waals surface area contributed by atoms with E-state index in [-0.39, 0.29) is 29.5 Å². The van der Waals surface area contributed by atoms with Gasteiger partial charge in [0.2, 0.25) is 0 Å². The third-order valence-corrected chi connectivity index (χ3v) is 5.37. The average Bonchev–Trinajstić information content (AvgIpc) is 2.91. The topological polar surface area (TPSA) is 57.5 Å². The highest BCUT2D eigenvalue weighted by Crippen LogP contribution is 2.23. The Morgan fingerprint density at radius 2 is 2.07 bits per heavy atom. The molecule has 1 aromatic rings. The van der Waals surface area contributed by atoms with Crippen LogP contribution in [0.2, 0.25) is 0 Å². The minimum absolute atomic E-state index is 0. The van der Waals surface area contributed by atoms with Crippen LogP contribution >= 0.6 is 24.0 Å². The van der Waals surface area contributed by atoms with E-state index in [1.807, 2.05) is 14.0 Å². The molecular weight excluding hydrogens is 451 g/mol. The quantitative estimate of drug-likeness (QED) is 0.267. The summed E-state index contributed by atoms with van der Waals surface area (Å²) in [5.74, 6) is 1.69. The Balaban J connectivity index is 0.00000364. The van der Waals surface area contributed by atoms with E-state index in [0.29, 0.717) is 0 Å². The number of aliphatic imine (C=N–C) groups is 1. The molecule has 0 radical (unpaired) electrons. The zero-order valence-electron chi connectivity index (χ0n) is 18.0. The third kappa shape index (κ3) is 7.60. The molecule has 0 saturated carbocycles. The zero-order chi connectivity index (χ0) is 19.2. The van der Waals surface area contributed by atoms with Crippen molar-refractivity contribution in [2.45, 2.75) is 66.0 Å². The molecule has 2 N–H and O–H groups in total. The maximum atomic E-state index is 4.51. The predicted molar refractivity (Wildman–Crippen MR) is 125 cm³/mol. The van der Waals surface area contributed by atoms with Gasteiger partial charge in [-0.05, 0) is 65.5 Å². The number of likely N-dealkylation sites (tertiary alicyclic amines) is 1. The molecule has 0 aromatic carbocycles. The SMILES string of the molecule is CN=C(NCCCn1nc(C)cc1C)NCC(C)(C)N1CCCC(C)C1.I. The van der Waals surface area contributed by atoms with Crippen LogP contribution in [0.5, 0.6) is 0 Å². The Bertz CT molecular complexity index is 595. The van der Waals surface area contributed by atoms with Crippen LogP contribution < -0.4 is 10.6 Å². The van der Waals surface area contributed by atoms with Crippen molar-refractivity contribution in [3.8, 4) is 0 Å². The van der Waals surface area contributed by atoms with Crippen molar-refractivity contribution in [3.63, 3.8) is 0 Å². The van der Waals surface area contributed by atoms with Gasteiger partial charge in [-0.3, -0.25) is 14.6 Å². The van der Waals surface area contributed by atoms with Crippen LogP contribution in [0.15, 0.2) is 11.1 Å². The van der Waals surface area contributed by atoms with Gasteiger partial charge in [-0.25, -0.2) is 0 Å². The number of aryl methyl sites for hydroxylation is 3. The molecule has 0 bridgehead atoms.